The molecule has 5 rings (SSSR count). The summed E-state index contributed by atoms with van der Waals surface area (Å²) in [5.41, 5.74) is 11.8. The van der Waals surface area contributed by atoms with Gasteiger partial charge in [-0.25, -0.2) is 6.08 Å². The Kier molecular flexibility index (Phi) is 15.5. The van der Waals surface area contributed by atoms with E-state index in [-0.39, 0.29) is 35.6 Å². The average Bonchev–Trinajstić information content (AvgIpc) is 3.53. The summed E-state index contributed by atoms with van der Waals surface area (Å²) in [6, 6.07) is 25.6. The predicted molar refractivity (Wildman–Crippen MR) is 181 cm³/mol. The Morgan fingerprint density at radius 2 is 1.41 bits per heavy atom. The third-order valence-electron chi connectivity index (χ3n) is 7.97. The first kappa shape index (κ1) is 40.5. The fraction of sp³-hybridized carbons (Fsp3) is 0.439. The van der Waals surface area contributed by atoms with Gasteiger partial charge in [0.25, 0.3) is 0 Å². The molecule has 44 heavy (non-hydrogen) atoms. The third kappa shape index (κ3) is 11.4. The smallest absolute Gasteiger partial charge is 1.00 e. The maximum absolute atomic E-state index is 3.67. The van der Waals surface area contributed by atoms with Gasteiger partial charge >= 0.3 is 70.3 Å². The predicted octanol–water partition coefficient (Wildman–Crippen LogP) is 5.18. The second-order valence-corrected chi connectivity index (χ2v) is 16.7. The van der Waals surface area contributed by atoms with Crippen molar-refractivity contribution >= 4 is 3.21 Å². The molecule has 3 heteroatoms. The largest absolute Gasteiger partial charge is 1.00 e. The molecule has 1 unspecified atom stereocenters. The molecule has 2 aliphatic rings. The van der Waals surface area contributed by atoms with Gasteiger partial charge in [-0.3, -0.25) is 6.08 Å². The van der Waals surface area contributed by atoms with Crippen molar-refractivity contribution in [2.75, 3.05) is 0 Å². The normalized spacial score (nSPS) is 14.8. The van der Waals surface area contributed by atoms with Crippen LogP contribution in [0, 0.1) is 23.5 Å². The van der Waals surface area contributed by atoms with Crippen LogP contribution in [0.5, 0.6) is 0 Å². The van der Waals surface area contributed by atoms with Crippen molar-refractivity contribution in [1.29, 1.82) is 0 Å². The summed E-state index contributed by atoms with van der Waals surface area (Å²) in [7, 11) is 0. The van der Waals surface area contributed by atoms with Crippen LogP contribution in [0.15, 0.2) is 78.4 Å². The van der Waals surface area contributed by atoms with Crippen molar-refractivity contribution in [3.05, 3.63) is 118 Å². The number of fused-ring (bicyclic) bond motifs is 3. The van der Waals surface area contributed by atoms with Gasteiger partial charge in [-0.15, -0.1) is 11.1 Å². The molecule has 1 atom stereocenters. The molecule has 236 valence electrons. The van der Waals surface area contributed by atoms with E-state index in [0.29, 0.717) is 11.3 Å². The quantitative estimate of drug-likeness (QED) is 0.258. The Morgan fingerprint density at radius 1 is 0.795 bits per heavy atom. The van der Waals surface area contributed by atoms with E-state index >= 15 is 0 Å². The number of rotatable bonds is 3. The standard InChI is InChI=1S/C21H25.C12H19.C8H8.2ClH.Zr/c1-20(2,3)16-7-9-18-14(12-16)11-15-13-17(21(4,5)6)8-10-19(15)18;1-5-6-10-7-8-11(9-10)12(2,3)4;1-2-8-6-4-3-5-7-8;;;/h7-10,12H,11H2,1-6H3;8-10H,5-6H2,1-4H3;3-7H,1H3;2*1H;/q2*-1;;;;+2/p-2. The Labute approximate surface area is 297 Å². The molecule has 0 aromatic heterocycles. The van der Waals surface area contributed by atoms with Crippen LogP contribution in [-0.4, -0.2) is 3.21 Å². The zero-order valence-electron chi connectivity index (χ0n) is 28.9. The van der Waals surface area contributed by atoms with Gasteiger partial charge in [-0.05, 0) is 28.4 Å². The Hall–Kier alpha value is -1.53. The van der Waals surface area contributed by atoms with E-state index in [1.165, 1.54) is 84.8 Å². The monoisotopic (exact) mass is 704 g/mol. The molecule has 3 aromatic rings. The summed E-state index contributed by atoms with van der Waals surface area (Å²) in [6.45, 7) is 24.8. The van der Waals surface area contributed by atoms with Gasteiger partial charge < -0.3 is 24.8 Å². The summed E-state index contributed by atoms with van der Waals surface area (Å²) in [5, 5.41) is 0. The molecule has 0 saturated carbocycles. The van der Waals surface area contributed by atoms with E-state index in [4.69, 9.17) is 0 Å². The van der Waals surface area contributed by atoms with Crippen molar-refractivity contribution in [2.45, 2.75) is 106 Å². The Morgan fingerprint density at radius 3 is 1.89 bits per heavy atom. The van der Waals surface area contributed by atoms with Crippen LogP contribution in [0.2, 0.25) is 0 Å². The third-order valence-corrected chi connectivity index (χ3v) is 8.68. The summed E-state index contributed by atoms with van der Waals surface area (Å²) in [4.78, 5) is 0. The van der Waals surface area contributed by atoms with E-state index in [1.54, 1.807) is 0 Å². The number of hydrogen-bond donors (Lipinski definition) is 0. The van der Waals surface area contributed by atoms with Crippen LogP contribution in [0.3, 0.4) is 0 Å². The van der Waals surface area contributed by atoms with Crippen molar-refractivity contribution < 1.29 is 49.0 Å². The molecule has 0 radical (unpaired) electrons. The summed E-state index contributed by atoms with van der Waals surface area (Å²) < 4.78 is 1.46. The van der Waals surface area contributed by atoms with Crippen LogP contribution in [0.1, 0.15) is 117 Å². The van der Waals surface area contributed by atoms with Gasteiger partial charge in [0.2, 0.25) is 0 Å². The molecule has 0 amide bonds. The van der Waals surface area contributed by atoms with Gasteiger partial charge in [-0.1, -0.05) is 117 Å². The van der Waals surface area contributed by atoms with Gasteiger partial charge in [0.1, 0.15) is 0 Å². The van der Waals surface area contributed by atoms with Gasteiger partial charge in [-0.2, -0.15) is 35.4 Å². The van der Waals surface area contributed by atoms with Gasteiger partial charge in [0, 0.05) is 0 Å². The molecule has 0 spiro atoms. The molecule has 0 heterocycles. The second kappa shape index (κ2) is 16.9. The number of hydrogen-bond acceptors (Lipinski definition) is 0. The van der Waals surface area contributed by atoms with Gasteiger partial charge in [0.15, 0.2) is 0 Å². The van der Waals surface area contributed by atoms with Crippen LogP contribution >= 0.6 is 0 Å². The zero-order chi connectivity index (χ0) is 31.3. The van der Waals surface area contributed by atoms with E-state index in [2.05, 4.69) is 155 Å². The van der Waals surface area contributed by atoms with Crippen LogP contribution in [-0.2, 0) is 41.5 Å². The summed E-state index contributed by atoms with van der Waals surface area (Å²) in [6.07, 6.45) is 11.4. The second-order valence-electron chi connectivity index (χ2n) is 14.9. The number of halogens is 2. The Bertz CT molecular complexity index is 1360. The molecule has 0 nitrogen and oxygen atoms in total. The molecule has 0 aliphatic heterocycles. The minimum atomic E-state index is 0. The fourth-order valence-electron chi connectivity index (χ4n) is 5.17. The van der Waals surface area contributed by atoms with Crippen LogP contribution < -0.4 is 24.8 Å². The molecular weight excluding hydrogens is 655 g/mol. The summed E-state index contributed by atoms with van der Waals surface area (Å²) in [5.74, 6) is 0.587. The maximum atomic E-state index is 3.67. The first-order valence-electron chi connectivity index (χ1n) is 15.6. The molecule has 0 bridgehead atoms. The van der Waals surface area contributed by atoms with Crippen LogP contribution in [0.4, 0.5) is 0 Å². The first-order chi connectivity index (χ1) is 19.5. The number of benzene rings is 3. The minimum Gasteiger partial charge on any atom is -1.00 e. The molecular formula is C41H52Cl2Zr-2. The van der Waals surface area contributed by atoms with E-state index < -0.39 is 0 Å². The van der Waals surface area contributed by atoms with E-state index in [0.717, 1.165) is 6.42 Å². The molecule has 2 aliphatic carbocycles. The Balaban J connectivity index is 0.000000359. The molecule has 3 aromatic carbocycles. The van der Waals surface area contributed by atoms with E-state index in [1.807, 2.05) is 6.07 Å². The maximum Gasteiger partial charge on any atom is -1.00 e. The fourth-order valence-corrected chi connectivity index (χ4v) is 5.58. The van der Waals surface area contributed by atoms with Crippen molar-refractivity contribution in [1.82, 2.24) is 0 Å². The van der Waals surface area contributed by atoms with Crippen molar-refractivity contribution in [2.24, 2.45) is 11.3 Å². The zero-order valence-corrected chi connectivity index (χ0v) is 32.9. The van der Waals surface area contributed by atoms with Crippen molar-refractivity contribution in [3.63, 3.8) is 0 Å². The van der Waals surface area contributed by atoms with Crippen LogP contribution in [0.25, 0.3) is 11.1 Å². The number of allylic oxidation sites excluding steroid dienone is 4. The minimum absolute atomic E-state index is 0. The molecule has 0 N–H and O–H groups in total. The van der Waals surface area contributed by atoms with E-state index in [9.17, 15) is 0 Å². The summed E-state index contributed by atoms with van der Waals surface area (Å²) >= 11 is 1.51. The molecule has 0 saturated heterocycles. The SMILES string of the molecule is CC(C)(C)c1[c-]c2c(cc1)-c1ccc(C(C)(C)C)cc1C2.CCCC1[C-]=CC(C(C)(C)C)=C1.C[C](=[Zr+2])c1ccccc1.[Cl-].[Cl-]. The van der Waals surface area contributed by atoms with Crippen molar-refractivity contribution in [3.8, 4) is 11.1 Å². The van der Waals surface area contributed by atoms with Gasteiger partial charge in [0.05, 0.1) is 0 Å². The molecule has 0 fully saturated rings. The average molecular weight is 707 g/mol. The topological polar surface area (TPSA) is 0 Å². The first-order valence-corrected chi connectivity index (χ1v) is 16.8.